The molecule has 0 radical (unpaired) electrons. The molecule has 0 fully saturated rings. The highest BCUT2D eigenvalue weighted by atomic mass is 15.5. The van der Waals surface area contributed by atoms with Gasteiger partial charge in [-0.3, -0.25) is 4.92 Å². The summed E-state index contributed by atoms with van der Waals surface area (Å²) in [6, 6.07) is 52.2. The molecule has 50 heavy (non-hydrogen) atoms. The van der Waals surface area contributed by atoms with Crippen LogP contribution in [0.25, 0.3) is 22.3 Å². The lowest BCUT2D eigenvalue weighted by atomic mass is 9.42. The molecule has 3 nitrogen and oxygen atoms in total. The first-order valence-corrected chi connectivity index (χ1v) is 17.4. The van der Waals surface area contributed by atoms with Crippen molar-refractivity contribution in [2.75, 3.05) is 0 Å². The molecule has 6 aromatic carbocycles. The van der Waals surface area contributed by atoms with Crippen molar-refractivity contribution < 1.29 is 0 Å². The van der Waals surface area contributed by atoms with Crippen LogP contribution in [0.2, 0.25) is 0 Å². The Labute approximate surface area is 297 Å². The van der Waals surface area contributed by atoms with Crippen LogP contribution in [0.3, 0.4) is 0 Å². The molecular formula is C46H42BN3. The fraction of sp³-hybridized carbons (Fsp3) is 0.130. The van der Waals surface area contributed by atoms with E-state index in [2.05, 4.69) is 192 Å². The minimum atomic E-state index is -0.286. The molecule has 0 N–H and O–H groups in total. The average molecular weight is 648 g/mol. The van der Waals surface area contributed by atoms with Crippen LogP contribution in [0.15, 0.2) is 156 Å². The Balaban J connectivity index is 1.69. The highest BCUT2D eigenvalue weighted by molar-refractivity contribution is 6.92. The number of allylic oxidation sites excluding steroid dienone is 2. The van der Waals surface area contributed by atoms with Crippen LogP contribution >= 0.6 is 0 Å². The van der Waals surface area contributed by atoms with Gasteiger partial charge in [0.2, 0.25) is 0 Å². The molecule has 0 saturated heterocycles. The maximum Gasteiger partial charge on any atom is 0.353 e. The van der Waals surface area contributed by atoms with Gasteiger partial charge in [-0.25, -0.2) is 0 Å². The Morgan fingerprint density at radius 3 is 1.32 bits per heavy atom. The van der Waals surface area contributed by atoms with Gasteiger partial charge in [-0.15, -0.1) is 5.11 Å². The lowest BCUT2D eigenvalue weighted by molar-refractivity contribution is 0.612. The topological polar surface area (TPSA) is 28.0 Å². The monoisotopic (exact) mass is 647 g/mol. The molecule has 0 aromatic heterocycles. The van der Waals surface area contributed by atoms with E-state index < -0.39 is 0 Å². The highest BCUT2D eigenvalue weighted by Crippen LogP contribution is 2.49. The summed E-state index contributed by atoms with van der Waals surface area (Å²) in [5, 5.41) is 10.5. The molecule has 0 aliphatic carbocycles. The fourth-order valence-corrected chi connectivity index (χ4v) is 7.75. The molecule has 0 spiro atoms. The molecule has 0 amide bonds. The molecule has 0 atom stereocenters. The summed E-state index contributed by atoms with van der Waals surface area (Å²) in [6.07, 6.45) is 0. The van der Waals surface area contributed by atoms with Crippen LogP contribution in [0, 0.1) is 41.5 Å². The van der Waals surface area contributed by atoms with E-state index in [9.17, 15) is 0 Å². The van der Waals surface area contributed by atoms with Gasteiger partial charge in [-0.05, 0) is 91.4 Å². The maximum absolute atomic E-state index is 5.37. The zero-order valence-corrected chi connectivity index (χ0v) is 29.8. The van der Waals surface area contributed by atoms with Gasteiger partial charge in [0.15, 0.2) is 0 Å². The Bertz CT molecular complexity index is 2210. The van der Waals surface area contributed by atoms with Crippen LogP contribution < -0.4 is 5.46 Å². The summed E-state index contributed by atoms with van der Waals surface area (Å²) >= 11 is 0. The minimum Gasteiger partial charge on any atom is -0.280 e. The minimum absolute atomic E-state index is 0.286. The van der Waals surface area contributed by atoms with Gasteiger partial charge < -0.3 is 0 Å². The predicted octanol–water partition coefficient (Wildman–Crippen LogP) is 11.5. The number of aryl methyl sites for hydroxylation is 6. The molecule has 0 unspecified atom stereocenters. The van der Waals surface area contributed by atoms with Gasteiger partial charge in [0.25, 0.3) is 0 Å². The molecule has 4 heteroatoms. The Kier molecular flexibility index (Phi) is 9.19. The fourth-order valence-electron chi connectivity index (χ4n) is 7.75. The van der Waals surface area contributed by atoms with Crippen molar-refractivity contribution in [2.24, 2.45) is 10.3 Å². The van der Waals surface area contributed by atoms with E-state index in [-0.39, 0.29) is 6.85 Å². The van der Waals surface area contributed by atoms with Gasteiger partial charge in [0.1, 0.15) is 0 Å². The quantitative estimate of drug-likeness (QED) is 0.125. The summed E-state index contributed by atoms with van der Waals surface area (Å²) in [7, 11) is 0. The summed E-state index contributed by atoms with van der Waals surface area (Å²) in [4.78, 5) is 2.22. The van der Waals surface area contributed by atoms with Crippen molar-refractivity contribution in [3.63, 3.8) is 0 Å². The SMILES string of the molecule is Cc1cc(C)c(N=NN2B(c3c(C)cc(C)cc3C)C(c3ccccc3)=C(c3ccccc3)C(c3ccccc3)=C2c2ccccc2)c(C)c1. The van der Waals surface area contributed by atoms with E-state index in [4.69, 9.17) is 10.3 Å². The molecule has 0 bridgehead atoms. The number of nitrogens with zero attached hydrogens (tertiary/aromatic N) is 3. The first-order valence-electron chi connectivity index (χ1n) is 17.4. The van der Waals surface area contributed by atoms with E-state index in [1.54, 1.807) is 0 Å². The number of rotatable bonds is 7. The zero-order valence-electron chi connectivity index (χ0n) is 29.8. The largest absolute Gasteiger partial charge is 0.353 e. The van der Waals surface area contributed by atoms with Crippen molar-refractivity contribution in [3.05, 3.63) is 201 Å². The first kappa shape index (κ1) is 32.8. The second-order valence-electron chi connectivity index (χ2n) is 13.5. The third-order valence-electron chi connectivity index (χ3n) is 9.65. The van der Waals surface area contributed by atoms with Crippen molar-refractivity contribution in [3.8, 4) is 0 Å². The summed E-state index contributed by atoms with van der Waals surface area (Å²) in [6.45, 7) is 12.8. The number of hydrogen-bond donors (Lipinski definition) is 0. The molecular weight excluding hydrogens is 605 g/mol. The number of hydrogen-bond acceptors (Lipinski definition) is 2. The average Bonchev–Trinajstić information content (AvgIpc) is 3.12. The Morgan fingerprint density at radius 1 is 0.440 bits per heavy atom. The van der Waals surface area contributed by atoms with E-state index in [1.165, 1.54) is 38.8 Å². The standard InChI is InChI=1S/C46H42BN3/c1-31-27-33(3)43(34(4)28-31)47-44(39-23-15-9-16-24-39)41(37-19-11-7-12-20-37)42(38-21-13-8-14-22-38)46(40-25-17-10-18-26-40)50(47)49-48-45-35(5)29-32(2)30-36(45)6/h7-30H,1-6H3. The Morgan fingerprint density at radius 2 is 0.840 bits per heavy atom. The summed E-state index contributed by atoms with van der Waals surface area (Å²) in [5.41, 5.74) is 18.3. The molecule has 1 aliphatic rings. The molecule has 1 aliphatic heterocycles. The van der Waals surface area contributed by atoms with Gasteiger partial charge in [-0.2, -0.15) is 0 Å². The molecule has 0 saturated carbocycles. The van der Waals surface area contributed by atoms with Crippen LogP contribution in [0.4, 0.5) is 5.69 Å². The summed E-state index contributed by atoms with van der Waals surface area (Å²) in [5.74, 6) is 0. The zero-order chi connectivity index (χ0) is 34.8. The van der Waals surface area contributed by atoms with Gasteiger partial charge in [0.05, 0.1) is 11.4 Å². The van der Waals surface area contributed by atoms with Crippen LogP contribution in [0.1, 0.15) is 55.6 Å². The second kappa shape index (κ2) is 14.0. The van der Waals surface area contributed by atoms with Gasteiger partial charge in [-0.1, -0.05) is 173 Å². The first-order chi connectivity index (χ1) is 24.3. The molecule has 6 aromatic rings. The van der Waals surface area contributed by atoms with E-state index in [1.807, 2.05) is 0 Å². The van der Waals surface area contributed by atoms with Crippen LogP contribution in [-0.4, -0.2) is 11.8 Å². The Hall–Kier alpha value is -5.74. The van der Waals surface area contributed by atoms with Crippen LogP contribution in [-0.2, 0) is 0 Å². The summed E-state index contributed by atoms with van der Waals surface area (Å²) < 4.78 is 0. The molecule has 7 rings (SSSR count). The lowest BCUT2D eigenvalue weighted by Gasteiger charge is -2.40. The lowest BCUT2D eigenvalue weighted by Crippen LogP contribution is -2.50. The van der Waals surface area contributed by atoms with E-state index in [0.717, 1.165) is 50.3 Å². The van der Waals surface area contributed by atoms with Crippen molar-refractivity contribution in [2.45, 2.75) is 41.5 Å². The normalized spacial score (nSPS) is 13.5. The third kappa shape index (κ3) is 6.25. The van der Waals surface area contributed by atoms with Crippen LogP contribution in [0.5, 0.6) is 0 Å². The van der Waals surface area contributed by atoms with E-state index in [0.29, 0.717) is 0 Å². The molecule has 244 valence electrons. The smallest absolute Gasteiger partial charge is 0.280 e. The maximum atomic E-state index is 5.37. The van der Waals surface area contributed by atoms with Crippen molar-refractivity contribution in [1.29, 1.82) is 0 Å². The van der Waals surface area contributed by atoms with E-state index >= 15 is 0 Å². The second-order valence-corrected chi connectivity index (χ2v) is 13.5. The van der Waals surface area contributed by atoms with Gasteiger partial charge >= 0.3 is 6.85 Å². The van der Waals surface area contributed by atoms with Crippen molar-refractivity contribution in [1.82, 2.24) is 4.92 Å². The highest BCUT2D eigenvalue weighted by Gasteiger charge is 2.43. The van der Waals surface area contributed by atoms with Gasteiger partial charge in [0, 0.05) is 5.57 Å². The molecule has 1 heterocycles. The predicted molar refractivity (Wildman–Crippen MR) is 212 cm³/mol. The third-order valence-corrected chi connectivity index (χ3v) is 9.65. The van der Waals surface area contributed by atoms with Crippen molar-refractivity contribution >= 4 is 40.3 Å². The number of benzene rings is 6.